The Morgan fingerprint density at radius 3 is 2.43 bits per heavy atom. The van der Waals surface area contributed by atoms with E-state index in [-0.39, 0.29) is 17.1 Å². The summed E-state index contributed by atoms with van der Waals surface area (Å²) in [5, 5.41) is 3.42. The summed E-state index contributed by atoms with van der Waals surface area (Å²) in [4.78, 5) is 24.0. The number of piperazine rings is 1. The van der Waals surface area contributed by atoms with Gasteiger partial charge in [0.2, 0.25) is 5.91 Å². The molecule has 0 radical (unpaired) electrons. The Hall–Kier alpha value is -2.35. The van der Waals surface area contributed by atoms with E-state index in [2.05, 4.69) is 36.0 Å². The highest BCUT2D eigenvalue weighted by Crippen LogP contribution is 2.40. The number of anilines is 1. The molecular weight excluding hydrogens is 441 g/mol. The number of fused-ring (bicyclic) bond motifs is 1. The lowest BCUT2D eigenvalue weighted by Crippen LogP contribution is -2.52. The van der Waals surface area contributed by atoms with Crippen LogP contribution >= 0.6 is 0 Å². The molecule has 35 heavy (non-hydrogen) atoms. The topological polar surface area (TPSA) is 51.7 Å². The molecule has 4 rings (SSSR count). The normalized spacial score (nSPS) is 18.8. The fraction of sp³-hybridized carbons (Fsp3) is 0.571. The molecule has 1 aromatic carbocycles. The molecule has 0 saturated carbocycles. The number of nitrogens with one attached hydrogen (secondary N) is 1. The number of halogens is 1. The summed E-state index contributed by atoms with van der Waals surface area (Å²) in [6.45, 7) is 14.3. The predicted octanol–water partition coefficient (Wildman–Crippen LogP) is 3.93. The minimum atomic E-state index is -0.239. The number of rotatable bonds is 4. The van der Waals surface area contributed by atoms with Crippen LogP contribution in [-0.4, -0.2) is 80.6 Å². The Morgan fingerprint density at radius 2 is 1.83 bits per heavy atom. The smallest absolute Gasteiger partial charge is 0.241 e. The van der Waals surface area contributed by atoms with E-state index >= 15 is 0 Å². The van der Waals surface area contributed by atoms with Crippen molar-refractivity contribution in [3.63, 3.8) is 0 Å². The first-order valence-electron chi connectivity index (χ1n) is 12.7. The van der Waals surface area contributed by atoms with E-state index in [0.717, 1.165) is 42.1 Å². The van der Waals surface area contributed by atoms with Crippen LogP contribution in [0.3, 0.4) is 0 Å². The first kappa shape index (κ1) is 28.9. The van der Waals surface area contributed by atoms with E-state index in [9.17, 15) is 9.18 Å². The van der Waals surface area contributed by atoms with Gasteiger partial charge in [0, 0.05) is 61.5 Å². The maximum absolute atomic E-state index is 13.2. The highest BCUT2D eigenvalue weighted by molar-refractivity contribution is 5.97. The van der Waals surface area contributed by atoms with Crippen molar-refractivity contribution in [3.05, 3.63) is 59.2 Å². The van der Waals surface area contributed by atoms with E-state index in [4.69, 9.17) is 0 Å². The van der Waals surface area contributed by atoms with E-state index < -0.39 is 0 Å². The lowest BCUT2D eigenvalue weighted by atomic mass is 9.88. The fourth-order valence-corrected chi connectivity index (χ4v) is 4.36. The molecule has 7 heteroatoms. The van der Waals surface area contributed by atoms with Gasteiger partial charge in [-0.25, -0.2) is 4.39 Å². The maximum atomic E-state index is 13.2. The van der Waals surface area contributed by atoms with E-state index in [1.807, 2.05) is 57.1 Å². The Bertz CT molecular complexity index is 942. The first-order chi connectivity index (χ1) is 16.5. The number of carbonyl (C=O) groups is 1. The molecule has 0 aliphatic carbocycles. The predicted molar refractivity (Wildman–Crippen MR) is 144 cm³/mol. The third-order valence-electron chi connectivity index (χ3n) is 5.92. The largest absolute Gasteiger partial charge is 0.312 e. The van der Waals surface area contributed by atoms with Crippen LogP contribution in [0.4, 0.5) is 10.1 Å². The lowest BCUT2D eigenvalue weighted by molar-refractivity contribution is -0.120. The molecule has 0 bridgehead atoms. The van der Waals surface area contributed by atoms with Gasteiger partial charge in [0.15, 0.2) is 0 Å². The number of benzene rings is 1. The zero-order valence-electron chi connectivity index (χ0n) is 22.9. The highest BCUT2D eigenvalue weighted by atomic mass is 19.1. The SMILES string of the molecule is CC.CC1CN(CC(=O)N2CC(C)(C)c3cnc(Cc4ccc(F)cc4)cc32)CCN1.CN(C)C. The quantitative estimate of drug-likeness (QED) is 0.711. The van der Waals surface area contributed by atoms with E-state index in [0.29, 0.717) is 25.6 Å². The molecule has 1 amide bonds. The molecule has 2 aliphatic rings. The van der Waals surface area contributed by atoms with Crippen LogP contribution in [0.25, 0.3) is 0 Å². The van der Waals surface area contributed by atoms with Gasteiger partial charge in [-0.05, 0) is 51.8 Å². The van der Waals surface area contributed by atoms with Crippen LogP contribution in [0.15, 0.2) is 36.5 Å². The van der Waals surface area contributed by atoms with Gasteiger partial charge in [0.25, 0.3) is 0 Å². The average molecular weight is 486 g/mol. The van der Waals surface area contributed by atoms with Crippen LogP contribution in [0, 0.1) is 5.82 Å². The van der Waals surface area contributed by atoms with Gasteiger partial charge in [0.05, 0.1) is 12.2 Å². The number of pyridine rings is 1. The molecule has 2 aliphatic heterocycles. The molecule has 1 aromatic heterocycles. The van der Waals surface area contributed by atoms with E-state index in [1.165, 1.54) is 12.1 Å². The Balaban J connectivity index is 0.000000655. The summed E-state index contributed by atoms with van der Waals surface area (Å²) in [5.41, 5.74) is 3.85. The number of hydrogen-bond acceptors (Lipinski definition) is 5. The standard InChI is InChI=1S/C23H29FN4O.C3H9N.C2H6/c1-16-13-27(9-8-25-16)14-22(29)28-15-23(2,3)20-12-26-19(11-21(20)28)10-17-4-6-18(24)7-5-17;1-4(2)3;1-2/h4-7,11-12,16,25H,8-10,13-15H2,1-3H3;1-3H3;1-2H3. The molecule has 1 fully saturated rings. The molecule has 1 unspecified atom stereocenters. The zero-order valence-corrected chi connectivity index (χ0v) is 22.9. The van der Waals surface area contributed by atoms with Crippen LogP contribution in [-0.2, 0) is 16.6 Å². The number of carbonyl (C=O) groups excluding carboxylic acids is 1. The van der Waals surface area contributed by atoms with Crippen molar-refractivity contribution >= 4 is 11.6 Å². The summed E-state index contributed by atoms with van der Waals surface area (Å²) in [6, 6.07) is 8.94. The first-order valence-corrected chi connectivity index (χ1v) is 12.7. The minimum Gasteiger partial charge on any atom is -0.312 e. The van der Waals surface area contributed by atoms with Crippen LogP contribution < -0.4 is 10.2 Å². The van der Waals surface area contributed by atoms with Gasteiger partial charge < -0.3 is 15.1 Å². The van der Waals surface area contributed by atoms with Crippen molar-refractivity contribution in [3.8, 4) is 0 Å². The van der Waals surface area contributed by atoms with Crippen molar-refractivity contribution in [1.82, 2.24) is 20.1 Å². The molecule has 6 nitrogen and oxygen atoms in total. The summed E-state index contributed by atoms with van der Waals surface area (Å²) >= 11 is 0. The molecule has 1 saturated heterocycles. The van der Waals surface area contributed by atoms with Crippen LogP contribution in [0.5, 0.6) is 0 Å². The highest BCUT2D eigenvalue weighted by Gasteiger charge is 2.39. The average Bonchev–Trinajstić information content (AvgIpc) is 3.07. The second-order valence-corrected chi connectivity index (χ2v) is 10.3. The second kappa shape index (κ2) is 13.1. The van der Waals surface area contributed by atoms with Crippen molar-refractivity contribution in [2.45, 2.75) is 52.5 Å². The summed E-state index contributed by atoms with van der Waals surface area (Å²) in [7, 11) is 6.00. The van der Waals surface area contributed by atoms with Crippen molar-refractivity contribution < 1.29 is 9.18 Å². The van der Waals surface area contributed by atoms with Crippen molar-refractivity contribution in [2.24, 2.45) is 0 Å². The maximum Gasteiger partial charge on any atom is 0.241 e. The van der Waals surface area contributed by atoms with E-state index in [1.54, 1.807) is 12.1 Å². The van der Waals surface area contributed by atoms with Gasteiger partial charge in [-0.1, -0.05) is 39.8 Å². The van der Waals surface area contributed by atoms with Gasteiger partial charge in [-0.15, -0.1) is 0 Å². The third kappa shape index (κ3) is 8.37. The van der Waals surface area contributed by atoms with Gasteiger partial charge in [-0.2, -0.15) is 0 Å². The molecule has 2 aromatic rings. The monoisotopic (exact) mass is 485 g/mol. The van der Waals surface area contributed by atoms with Crippen molar-refractivity contribution in [1.29, 1.82) is 0 Å². The molecule has 3 heterocycles. The molecule has 1 atom stereocenters. The second-order valence-electron chi connectivity index (χ2n) is 10.3. The molecule has 0 spiro atoms. The Kier molecular flexibility index (Phi) is 10.8. The molecule has 1 N–H and O–H groups in total. The fourth-order valence-electron chi connectivity index (χ4n) is 4.36. The van der Waals surface area contributed by atoms with Crippen LogP contribution in [0.1, 0.15) is 51.4 Å². The molecular formula is C28H44FN5O. The number of aromatic nitrogens is 1. The lowest BCUT2D eigenvalue weighted by Gasteiger charge is -2.32. The summed E-state index contributed by atoms with van der Waals surface area (Å²) in [6.07, 6.45) is 2.53. The number of amides is 1. The van der Waals surface area contributed by atoms with Crippen molar-refractivity contribution in [2.75, 3.05) is 58.8 Å². The zero-order chi connectivity index (χ0) is 26.2. The Labute approximate surface area is 211 Å². The number of hydrogen-bond donors (Lipinski definition) is 1. The van der Waals surface area contributed by atoms with Crippen LogP contribution in [0.2, 0.25) is 0 Å². The Morgan fingerprint density at radius 1 is 1.20 bits per heavy atom. The molecule has 194 valence electrons. The third-order valence-corrected chi connectivity index (χ3v) is 5.92. The summed E-state index contributed by atoms with van der Waals surface area (Å²) < 4.78 is 13.2. The van der Waals surface area contributed by atoms with Gasteiger partial charge >= 0.3 is 0 Å². The minimum absolute atomic E-state index is 0.122. The van der Waals surface area contributed by atoms with Gasteiger partial charge in [-0.3, -0.25) is 14.7 Å². The van der Waals surface area contributed by atoms with Gasteiger partial charge in [0.1, 0.15) is 5.82 Å². The summed E-state index contributed by atoms with van der Waals surface area (Å²) in [5.74, 6) is -0.0960. The number of nitrogens with zero attached hydrogens (tertiary/aromatic N) is 4.